The van der Waals surface area contributed by atoms with Gasteiger partial charge in [-0.25, -0.2) is 13.1 Å². The lowest BCUT2D eigenvalue weighted by Gasteiger charge is -2.05. The SMILES string of the molecule is N#Cc1ccc(COC(=O)CNS(=O)(=O)/C=C/c2ccccc2)cc1. The highest BCUT2D eigenvalue weighted by atomic mass is 32.2. The number of nitriles is 1. The predicted octanol–water partition coefficient (Wildman–Crippen LogP) is 2.19. The van der Waals surface area contributed by atoms with Crippen LogP contribution < -0.4 is 4.72 Å². The van der Waals surface area contributed by atoms with Gasteiger partial charge in [0.05, 0.1) is 11.6 Å². The molecule has 0 amide bonds. The van der Waals surface area contributed by atoms with Crippen molar-refractivity contribution in [1.29, 1.82) is 5.26 Å². The van der Waals surface area contributed by atoms with Crippen LogP contribution in [-0.2, 0) is 26.2 Å². The van der Waals surface area contributed by atoms with Gasteiger partial charge in [-0.2, -0.15) is 5.26 Å². The Kier molecular flexibility index (Phi) is 6.46. The molecule has 0 heterocycles. The molecule has 0 aliphatic carbocycles. The lowest BCUT2D eigenvalue weighted by Crippen LogP contribution is -2.29. The van der Waals surface area contributed by atoms with Crippen LogP contribution in [0.1, 0.15) is 16.7 Å². The normalized spacial score (nSPS) is 11.2. The van der Waals surface area contributed by atoms with Crippen LogP contribution in [0.4, 0.5) is 0 Å². The van der Waals surface area contributed by atoms with E-state index in [1.807, 2.05) is 12.1 Å². The summed E-state index contributed by atoms with van der Waals surface area (Å²) >= 11 is 0. The second kappa shape index (κ2) is 8.78. The Morgan fingerprint density at radius 1 is 1.12 bits per heavy atom. The van der Waals surface area contributed by atoms with Gasteiger partial charge in [-0.1, -0.05) is 42.5 Å². The van der Waals surface area contributed by atoms with Gasteiger partial charge >= 0.3 is 5.97 Å². The summed E-state index contributed by atoms with van der Waals surface area (Å²) in [4.78, 5) is 11.6. The minimum atomic E-state index is -3.73. The number of esters is 1. The summed E-state index contributed by atoms with van der Waals surface area (Å²) < 4.78 is 30.8. The van der Waals surface area contributed by atoms with Gasteiger partial charge in [-0.3, -0.25) is 4.79 Å². The van der Waals surface area contributed by atoms with Crippen LogP contribution in [0.15, 0.2) is 60.0 Å². The fraction of sp³-hybridized carbons (Fsp3) is 0.111. The molecule has 0 saturated heterocycles. The number of ether oxygens (including phenoxy) is 1. The maximum atomic E-state index is 11.8. The van der Waals surface area contributed by atoms with Crippen LogP contribution in [0.2, 0.25) is 0 Å². The fourth-order valence-corrected chi connectivity index (χ4v) is 2.58. The molecule has 0 aliphatic rings. The zero-order chi connectivity index (χ0) is 18.1. The van der Waals surface area contributed by atoms with Gasteiger partial charge in [0.1, 0.15) is 13.2 Å². The number of nitrogens with one attached hydrogen (secondary N) is 1. The lowest BCUT2D eigenvalue weighted by molar-refractivity contribution is -0.143. The van der Waals surface area contributed by atoms with Gasteiger partial charge in [-0.15, -0.1) is 0 Å². The third-order valence-corrected chi connectivity index (χ3v) is 4.18. The highest BCUT2D eigenvalue weighted by Crippen LogP contribution is 2.05. The number of rotatable bonds is 7. The van der Waals surface area contributed by atoms with E-state index in [4.69, 9.17) is 10.00 Å². The van der Waals surface area contributed by atoms with E-state index >= 15 is 0 Å². The third-order valence-electron chi connectivity index (χ3n) is 3.14. The van der Waals surface area contributed by atoms with E-state index in [1.54, 1.807) is 48.5 Å². The second-order valence-electron chi connectivity index (χ2n) is 5.05. The van der Waals surface area contributed by atoms with Crippen molar-refractivity contribution in [3.8, 4) is 6.07 Å². The smallest absolute Gasteiger partial charge is 0.321 e. The predicted molar refractivity (Wildman–Crippen MR) is 93.4 cm³/mol. The number of nitrogens with zero attached hydrogens (tertiary/aromatic N) is 1. The second-order valence-corrected chi connectivity index (χ2v) is 6.70. The average molecular weight is 356 g/mol. The minimum Gasteiger partial charge on any atom is -0.460 e. The molecule has 2 aromatic carbocycles. The highest BCUT2D eigenvalue weighted by Gasteiger charge is 2.10. The molecule has 0 bridgehead atoms. The number of carbonyl (C=O) groups excluding carboxylic acids is 1. The van der Waals surface area contributed by atoms with E-state index in [1.165, 1.54) is 6.08 Å². The topological polar surface area (TPSA) is 96.3 Å². The van der Waals surface area contributed by atoms with E-state index in [-0.39, 0.29) is 6.61 Å². The van der Waals surface area contributed by atoms with E-state index in [9.17, 15) is 13.2 Å². The van der Waals surface area contributed by atoms with E-state index in [0.717, 1.165) is 11.0 Å². The van der Waals surface area contributed by atoms with Crippen molar-refractivity contribution in [3.05, 3.63) is 76.7 Å². The summed E-state index contributed by atoms with van der Waals surface area (Å²) in [5, 5.41) is 9.70. The molecule has 0 unspecified atom stereocenters. The first-order valence-corrected chi connectivity index (χ1v) is 8.90. The van der Waals surface area contributed by atoms with Crippen molar-refractivity contribution in [2.45, 2.75) is 6.61 Å². The molecular formula is C18H16N2O4S. The summed E-state index contributed by atoms with van der Waals surface area (Å²) in [6.07, 6.45) is 1.43. The molecular weight excluding hydrogens is 340 g/mol. The summed E-state index contributed by atoms with van der Waals surface area (Å²) in [6, 6.07) is 17.5. The fourth-order valence-electron chi connectivity index (χ4n) is 1.83. The van der Waals surface area contributed by atoms with Gasteiger partial charge in [0.25, 0.3) is 0 Å². The van der Waals surface area contributed by atoms with Crippen LogP contribution in [-0.4, -0.2) is 20.9 Å². The summed E-state index contributed by atoms with van der Waals surface area (Å²) in [6.45, 7) is -0.454. The molecule has 1 N–H and O–H groups in total. The maximum absolute atomic E-state index is 11.8. The van der Waals surface area contributed by atoms with Gasteiger partial charge < -0.3 is 4.74 Å². The monoisotopic (exact) mass is 356 g/mol. The molecule has 128 valence electrons. The molecule has 0 spiro atoms. The van der Waals surface area contributed by atoms with Crippen LogP contribution in [0.25, 0.3) is 6.08 Å². The van der Waals surface area contributed by atoms with Crippen molar-refractivity contribution < 1.29 is 17.9 Å². The van der Waals surface area contributed by atoms with Crippen molar-refractivity contribution in [3.63, 3.8) is 0 Å². The number of benzene rings is 2. The first kappa shape index (κ1) is 18.4. The van der Waals surface area contributed by atoms with E-state index < -0.39 is 22.5 Å². The lowest BCUT2D eigenvalue weighted by atomic mass is 10.2. The number of sulfonamides is 1. The summed E-state index contributed by atoms with van der Waals surface area (Å²) in [5.74, 6) is -0.693. The molecule has 2 aromatic rings. The molecule has 7 heteroatoms. The molecule has 0 saturated carbocycles. The zero-order valence-electron chi connectivity index (χ0n) is 13.3. The Morgan fingerprint density at radius 2 is 1.80 bits per heavy atom. The Labute approximate surface area is 146 Å². The minimum absolute atomic E-state index is 0.00608. The average Bonchev–Trinajstić information content (AvgIpc) is 2.64. The molecule has 0 aromatic heterocycles. The molecule has 0 atom stereocenters. The standard InChI is InChI=1S/C18H16N2O4S/c19-12-16-6-8-17(9-7-16)14-24-18(21)13-20-25(22,23)11-10-15-4-2-1-3-5-15/h1-11,20H,13-14H2/b11-10+. The first-order chi connectivity index (χ1) is 12.0. The molecule has 0 aliphatic heterocycles. The van der Waals surface area contributed by atoms with Gasteiger partial charge in [0, 0.05) is 5.41 Å². The Morgan fingerprint density at radius 3 is 2.44 bits per heavy atom. The Balaban J connectivity index is 1.80. The van der Waals surface area contributed by atoms with Crippen LogP contribution in [0.3, 0.4) is 0 Å². The van der Waals surface area contributed by atoms with Crippen LogP contribution >= 0.6 is 0 Å². The molecule has 2 rings (SSSR count). The van der Waals surface area contributed by atoms with Crippen molar-refractivity contribution in [2.75, 3.05) is 6.54 Å². The number of carbonyl (C=O) groups is 1. The molecule has 6 nitrogen and oxygen atoms in total. The van der Waals surface area contributed by atoms with E-state index in [0.29, 0.717) is 11.1 Å². The maximum Gasteiger partial charge on any atom is 0.321 e. The number of hydrogen-bond donors (Lipinski definition) is 1. The van der Waals surface area contributed by atoms with Gasteiger partial charge in [0.2, 0.25) is 10.0 Å². The van der Waals surface area contributed by atoms with E-state index in [2.05, 4.69) is 4.72 Å². The molecule has 0 radical (unpaired) electrons. The third kappa shape index (κ3) is 6.59. The summed E-state index contributed by atoms with van der Waals surface area (Å²) in [7, 11) is -3.73. The van der Waals surface area contributed by atoms with Gasteiger partial charge in [-0.05, 0) is 29.3 Å². The summed E-state index contributed by atoms with van der Waals surface area (Å²) in [5.41, 5.74) is 1.95. The van der Waals surface area contributed by atoms with Crippen LogP contribution in [0.5, 0.6) is 0 Å². The largest absolute Gasteiger partial charge is 0.460 e. The quantitative estimate of drug-likeness (QED) is 0.767. The molecule has 25 heavy (non-hydrogen) atoms. The number of hydrogen-bond acceptors (Lipinski definition) is 5. The van der Waals surface area contributed by atoms with Crippen molar-refractivity contribution in [1.82, 2.24) is 4.72 Å². The highest BCUT2D eigenvalue weighted by molar-refractivity contribution is 7.92. The first-order valence-electron chi connectivity index (χ1n) is 7.36. The van der Waals surface area contributed by atoms with Crippen molar-refractivity contribution >= 4 is 22.1 Å². The zero-order valence-corrected chi connectivity index (χ0v) is 14.1. The van der Waals surface area contributed by atoms with Crippen LogP contribution in [0, 0.1) is 11.3 Å². The van der Waals surface area contributed by atoms with Gasteiger partial charge in [0.15, 0.2) is 0 Å². The van der Waals surface area contributed by atoms with Crippen molar-refractivity contribution in [2.24, 2.45) is 0 Å². The Bertz CT molecular complexity index is 883. The molecule has 0 fully saturated rings. The Hall–Kier alpha value is -2.95.